The van der Waals surface area contributed by atoms with Crippen molar-refractivity contribution in [3.63, 3.8) is 0 Å². The van der Waals surface area contributed by atoms with Crippen molar-refractivity contribution in [2.24, 2.45) is 5.41 Å². The van der Waals surface area contributed by atoms with Crippen LogP contribution in [0.1, 0.15) is 39.2 Å². The number of hydrogen-bond acceptors (Lipinski definition) is 1. The van der Waals surface area contributed by atoms with Crippen LogP contribution in [0.4, 0.5) is 0 Å². The van der Waals surface area contributed by atoms with Gasteiger partial charge >= 0.3 is 0 Å². The van der Waals surface area contributed by atoms with Crippen molar-refractivity contribution in [3.05, 3.63) is 27.7 Å². The Bertz CT molecular complexity index is 400. The third-order valence-electron chi connectivity index (χ3n) is 2.55. The molecule has 0 fully saturated rings. The zero-order valence-corrected chi connectivity index (χ0v) is 14.1. The molecule has 0 aliphatic carbocycles. The van der Waals surface area contributed by atoms with E-state index in [4.69, 9.17) is 27.9 Å². The van der Waals surface area contributed by atoms with Gasteiger partial charge in [-0.15, -0.1) is 0 Å². The fraction of sp³-hybridized carbons (Fsp3) is 0.571. The van der Waals surface area contributed by atoms with Crippen LogP contribution in [0.25, 0.3) is 0 Å². The molecule has 0 amide bonds. The Labute approximate surface area is 128 Å². The smallest absolute Gasteiger partial charge is 0.142 e. The van der Waals surface area contributed by atoms with Crippen LogP contribution in [0, 0.1) is 5.41 Å². The SMILES string of the molecule is CC(C)(C)CCCOc1c(Cl)cc(Cl)cc1CBr. The molecule has 0 aliphatic heterocycles. The first kappa shape index (κ1) is 16.1. The molecule has 0 bridgehead atoms. The van der Waals surface area contributed by atoms with E-state index in [0.717, 1.165) is 24.2 Å². The highest BCUT2D eigenvalue weighted by Gasteiger charge is 2.12. The highest BCUT2D eigenvalue weighted by molar-refractivity contribution is 9.08. The molecule has 1 aromatic carbocycles. The van der Waals surface area contributed by atoms with E-state index < -0.39 is 0 Å². The number of hydrogen-bond donors (Lipinski definition) is 0. The lowest BCUT2D eigenvalue weighted by Gasteiger charge is -2.18. The molecule has 1 nitrogen and oxygen atoms in total. The Hall–Kier alpha value is 0.0800. The third-order valence-corrected chi connectivity index (χ3v) is 3.65. The number of benzene rings is 1. The molecule has 1 aromatic rings. The summed E-state index contributed by atoms with van der Waals surface area (Å²) in [6.07, 6.45) is 2.14. The molecular weight excluding hydrogens is 335 g/mol. The van der Waals surface area contributed by atoms with E-state index >= 15 is 0 Å². The van der Waals surface area contributed by atoms with Crippen LogP contribution in [0.3, 0.4) is 0 Å². The van der Waals surface area contributed by atoms with Crippen LogP contribution in [0.2, 0.25) is 10.0 Å². The molecule has 0 saturated heterocycles. The average Bonchev–Trinajstić information content (AvgIpc) is 2.24. The van der Waals surface area contributed by atoms with Gasteiger partial charge in [-0.1, -0.05) is 59.9 Å². The monoisotopic (exact) mass is 352 g/mol. The van der Waals surface area contributed by atoms with Crippen LogP contribution in [0.5, 0.6) is 5.75 Å². The molecule has 0 atom stereocenters. The van der Waals surface area contributed by atoms with Gasteiger partial charge in [0.05, 0.1) is 11.6 Å². The van der Waals surface area contributed by atoms with Crippen molar-refractivity contribution in [2.45, 2.75) is 38.9 Å². The zero-order chi connectivity index (χ0) is 13.8. The predicted octanol–water partition coefficient (Wildman–Crippen LogP) is 6.09. The first-order valence-corrected chi connectivity index (χ1v) is 7.88. The quantitative estimate of drug-likeness (QED) is 0.459. The van der Waals surface area contributed by atoms with E-state index in [1.165, 1.54) is 0 Å². The Morgan fingerprint density at radius 1 is 1.22 bits per heavy atom. The van der Waals surface area contributed by atoms with Gasteiger partial charge in [0.2, 0.25) is 0 Å². The lowest BCUT2D eigenvalue weighted by atomic mass is 9.91. The summed E-state index contributed by atoms with van der Waals surface area (Å²) in [5.41, 5.74) is 1.33. The van der Waals surface area contributed by atoms with Gasteiger partial charge in [-0.25, -0.2) is 0 Å². The van der Waals surface area contributed by atoms with E-state index in [9.17, 15) is 0 Å². The molecule has 18 heavy (non-hydrogen) atoms. The lowest BCUT2D eigenvalue weighted by molar-refractivity contribution is 0.268. The minimum atomic E-state index is 0.339. The maximum Gasteiger partial charge on any atom is 0.142 e. The summed E-state index contributed by atoms with van der Waals surface area (Å²) < 4.78 is 5.79. The Kier molecular flexibility index (Phi) is 6.29. The standard InChI is InChI=1S/C14H19BrCl2O/c1-14(2,3)5-4-6-18-13-10(9-15)7-11(16)8-12(13)17/h7-8H,4-6,9H2,1-3H3. The van der Waals surface area contributed by atoms with Gasteiger partial charge in [0.15, 0.2) is 0 Å². The summed E-state index contributed by atoms with van der Waals surface area (Å²) in [5, 5.41) is 1.89. The van der Waals surface area contributed by atoms with E-state index in [0.29, 0.717) is 27.4 Å². The van der Waals surface area contributed by atoms with Crippen LogP contribution in [-0.2, 0) is 5.33 Å². The Morgan fingerprint density at radius 3 is 2.44 bits per heavy atom. The third kappa shape index (κ3) is 5.38. The summed E-state index contributed by atoms with van der Waals surface area (Å²) in [5.74, 6) is 0.742. The predicted molar refractivity (Wildman–Crippen MR) is 83.3 cm³/mol. The highest BCUT2D eigenvalue weighted by atomic mass is 79.9. The molecule has 0 spiro atoms. The van der Waals surface area contributed by atoms with Gasteiger partial charge < -0.3 is 4.74 Å². The molecule has 0 heterocycles. The van der Waals surface area contributed by atoms with Crippen molar-refractivity contribution >= 4 is 39.1 Å². The van der Waals surface area contributed by atoms with Crippen LogP contribution in [-0.4, -0.2) is 6.61 Å². The van der Waals surface area contributed by atoms with E-state index in [1.807, 2.05) is 6.07 Å². The number of halogens is 3. The second-order valence-corrected chi connectivity index (χ2v) is 6.93. The molecule has 1 rings (SSSR count). The van der Waals surface area contributed by atoms with Crippen molar-refractivity contribution in [1.29, 1.82) is 0 Å². The minimum absolute atomic E-state index is 0.339. The van der Waals surface area contributed by atoms with E-state index in [1.54, 1.807) is 6.07 Å². The first-order chi connectivity index (χ1) is 8.33. The van der Waals surface area contributed by atoms with Gasteiger partial charge in [-0.05, 0) is 30.4 Å². The van der Waals surface area contributed by atoms with Crippen molar-refractivity contribution in [3.8, 4) is 5.75 Å². The summed E-state index contributed by atoms with van der Waals surface area (Å²) in [6, 6.07) is 3.59. The van der Waals surface area contributed by atoms with Gasteiger partial charge in [0.25, 0.3) is 0 Å². The number of ether oxygens (including phenoxy) is 1. The lowest BCUT2D eigenvalue weighted by Crippen LogP contribution is -2.08. The summed E-state index contributed by atoms with van der Waals surface area (Å²) >= 11 is 15.5. The second-order valence-electron chi connectivity index (χ2n) is 5.52. The Balaban J connectivity index is 2.62. The van der Waals surface area contributed by atoms with Gasteiger partial charge in [0.1, 0.15) is 5.75 Å². The molecular formula is C14H19BrCl2O. The fourth-order valence-corrected chi connectivity index (χ4v) is 2.66. The molecule has 0 unspecified atom stereocenters. The van der Waals surface area contributed by atoms with Gasteiger partial charge in [-0.2, -0.15) is 0 Å². The summed E-state index contributed by atoms with van der Waals surface area (Å²) in [7, 11) is 0. The molecule has 0 radical (unpaired) electrons. The minimum Gasteiger partial charge on any atom is -0.492 e. The molecule has 102 valence electrons. The second kappa shape index (κ2) is 7.02. The molecule has 4 heteroatoms. The van der Waals surface area contributed by atoms with Crippen LogP contribution >= 0.6 is 39.1 Å². The average molecular weight is 354 g/mol. The van der Waals surface area contributed by atoms with Crippen molar-refractivity contribution in [2.75, 3.05) is 6.61 Å². The van der Waals surface area contributed by atoms with E-state index in [2.05, 4.69) is 36.7 Å². The molecule has 0 saturated carbocycles. The van der Waals surface area contributed by atoms with Gasteiger partial charge in [0, 0.05) is 15.9 Å². The first-order valence-electron chi connectivity index (χ1n) is 6.00. The van der Waals surface area contributed by atoms with Crippen LogP contribution < -0.4 is 4.74 Å². The van der Waals surface area contributed by atoms with Gasteiger partial charge in [-0.3, -0.25) is 0 Å². The zero-order valence-electron chi connectivity index (χ0n) is 11.0. The fourth-order valence-electron chi connectivity index (χ4n) is 1.65. The number of rotatable bonds is 5. The summed E-state index contributed by atoms with van der Waals surface area (Å²) in [6.45, 7) is 7.36. The maximum absolute atomic E-state index is 6.15. The Morgan fingerprint density at radius 2 is 1.89 bits per heavy atom. The topological polar surface area (TPSA) is 9.23 Å². The largest absolute Gasteiger partial charge is 0.492 e. The normalized spacial score (nSPS) is 11.7. The van der Waals surface area contributed by atoms with Crippen molar-refractivity contribution in [1.82, 2.24) is 0 Å². The van der Waals surface area contributed by atoms with E-state index in [-0.39, 0.29) is 0 Å². The maximum atomic E-state index is 6.15. The van der Waals surface area contributed by atoms with Crippen molar-refractivity contribution < 1.29 is 4.74 Å². The summed E-state index contributed by atoms with van der Waals surface area (Å²) in [4.78, 5) is 0. The molecule has 0 aromatic heterocycles. The number of alkyl halides is 1. The molecule has 0 N–H and O–H groups in total. The highest BCUT2D eigenvalue weighted by Crippen LogP contribution is 2.34. The van der Waals surface area contributed by atoms with Crippen LogP contribution in [0.15, 0.2) is 12.1 Å². The molecule has 0 aliphatic rings.